The molecule has 3 rings (SSSR count). The first-order valence-electron chi connectivity index (χ1n) is 6.61. The lowest BCUT2D eigenvalue weighted by Crippen LogP contribution is -2.36. The van der Waals surface area contributed by atoms with Gasteiger partial charge in [0.05, 0.1) is 0 Å². The molecule has 0 aromatic carbocycles. The minimum Gasteiger partial charge on any atom is -0.282 e. The first-order chi connectivity index (χ1) is 8.08. The van der Waals surface area contributed by atoms with Crippen molar-refractivity contribution in [2.75, 3.05) is 6.54 Å². The van der Waals surface area contributed by atoms with E-state index in [4.69, 9.17) is 0 Å². The molecule has 0 spiro atoms. The monoisotopic (exact) mass is 233 g/mol. The summed E-state index contributed by atoms with van der Waals surface area (Å²) in [5, 5.41) is 0. The Bertz CT molecular complexity index is 381. The second kappa shape index (κ2) is 3.69. The van der Waals surface area contributed by atoms with Crippen molar-refractivity contribution in [1.82, 2.24) is 4.90 Å². The third-order valence-corrected chi connectivity index (χ3v) is 4.89. The smallest absolute Gasteiger partial charge is 0.232 e. The Hall–Kier alpha value is -1.12. The number of nitrogens with zero attached hydrogens (tertiary/aromatic N) is 1. The molecule has 3 aliphatic rings. The second-order valence-electron chi connectivity index (χ2n) is 5.90. The molecule has 5 atom stereocenters. The Morgan fingerprint density at radius 3 is 2.24 bits per heavy atom. The summed E-state index contributed by atoms with van der Waals surface area (Å²) < 4.78 is 0. The summed E-state index contributed by atoms with van der Waals surface area (Å²) in [5.74, 6) is 1.63. The normalized spacial score (nSPS) is 44.1. The maximum Gasteiger partial charge on any atom is 0.232 e. The van der Waals surface area contributed by atoms with Crippen LogP contribution in [0.15, 0.2) is 12.2 Å². The van der Waals surface area contributed by atoms with Gasteiger partial charge in [-0.25, -0.2) is 0 Å². The molecule has 0 radical (unpaired) electrons. The Balaban J connectivity index is 1.72. The maximum atomic E-state index is 12.0. The first-order valence-corrected chi connectivity index (χ1v) is 6.61. The van der Waals surface area contributed by atoms with Crippen LogP contribution in [-0.2, 0) is 9.59 Å². The highest BCUT2D eigenvalue weighted by molar-refractivity contribution is 6.04. The van der Waals surface area contributed by atoms with Crippen molar-refractivity contribution in [2.24, 2.45) is 29.6 Å². The van der Waals surface area contributed by atoms with Crippen LogP contribution in [0, 0.1) is 29.6 Å². The van der Waals surface area contributed by atoms with Gasteiger partial charge in [-0.2, -0.15) is 0 Å². The topological polar surface area (TPSA) is 37.4 Å². The van der Waals surface area contributed by atoms with Crippen LogP contribution in [0.25, 0.3) is 0 Å². The average molecular weight is 233 g/mol. The highest BCUT2D eigenvalue weighted by Crippen LogP contribution is 2.44. The lowest BCUT2D eigenvalue weighted by Gasteiger charge is -2.23. The standard InChI is InChI=1S/C14H19NO2/c1-8-9(2)14(17)15(13(8)16)7-12-6-10-3-4-11(12)5-10/h3-4,8-12H,5-7H2,1-2H3. The predicted molar refractivity (Wildman–Crippen MR) is 63.9 cm³/mol. The quantitative estimate of drug-likeness (QED) is 0.539. The number of likely N-dealkylation sites (tertiary alicyclic amines) is 1. The van der Waals surface area contributed by atoms with E-state index in [1.165, 1.54) is 11.3 Å². The third-order valence-electron chi connectivity index (χ3n) is 4.89. The summed E-state index contributed by atoms with van der Waals surface area (Å²) in [6.07, 6.45) is 6.95. The summed E-state index contributed by atoms with van der Waals surface area (Å²) >= 11 is 0. The average Bonchev–Trinajstić information content (AvgIpc) is 2.97. The number of allylic oxidation sites excluding steroid dienone is 2. The van der Waals surface area contributed by atoms with Crippen LogP contribution in [0.4, 0.5) is 0 Å². The van der Waals surface area contributed by atoms with E-state index in [1.54, 1.807) is 0 Å². The Morgan fingerprint density at radius 2 is 1.76 bits per heavy atom. The molecule has 92 valence electrons. The molecule has 1 saturated heterocycles. The molecule has 1 heterocycles. The van der Waals surface area contributed by atoms with E-state index in [0.717, 1.165) is 6.42 Å². The number of carbonyl (C=O) groups is 2. The molecule has 2 aliphatic carbocycles. The fourth-order valence-corrected chi connectivity index (χ4v) is 3.55. The van der Waals surface area contributed by atoms with E-state index in [0.29, 0.717) is 24.3 Å². The number of rotatable bonds is 2. The van der Waals surface area contributed by atoms with E-state index in [2.05, 4.69) is 12.2 Å². The molecule has 3 heteroatoms. The van der Waals surface area contributed by atoms with Gasteiger partial charge in [-0.3, -0.25) is 14.5 Å². The summed E-state index contributed by atoms with van der Waals surface area (Å²) in [5.41, 5.74) is 0. The maximum absolute atomic E-state index is 12.0. The van der Waals surface area contributed by atoms with Crippen molar-refractivity contribution >= 4 is 11.8 Å². The molecule has 0 aromatic rings. The van der Waals surface area contributed by atoms with Crippen molar-refractivity contribution in [1.29, 1.82) is 0 Å². The van der Waals surface area contributed by atoms with Crippen LogP contribution in [0.1, 0.15) is 26.7 Å². The van der Waals surface area contributed by atoms with Gasteiger partial charge in [0.1, 0.15) is 0 Å². The minimum atomic E-state index is -0.128. The lowest BCUT2D eigenvalue weighted by atomic mass is 9.93. The van der Waals surface area contributed by atoms with Crippen LogP contribution in [0.2, 0.25) is 0 Å². The van der Waals surface area contributed by atoms with Crippen molar-refractivity contribution in [3.63, 3.8) is 0 Å². The van der Waals surface area contributed by atoms with E-state index in [9.17, 15) is 9.59 Å². The van der Waals surface area contributed by atoms with Gasteiger partial charge >= 0.3 is 0 Å². The number of imide groups is 1. The first kappa shape index (κ1) is 11.0. The molecule has 1 aliphatic heterocycles. The van der Waals surface area contributed by atoms with Gasteiger partial charge in [0.2, 0.25) is 11.8 Å². The molecule has 2 amide bonds. The highest BCUT2D eigenvalue weighted by atomic mass is 16.2. The Labute approximate surface area is 102 Å². The number of carbonyl (C=O) groups excluding carboxylic acids is 2. The molecular formula is C14H19NO2. The molecule has 2 fully saturated rings. The van der Waals surface area contributed by atoms with Gasteiger partial charge in [0, 0.05) is 18.4 Å². The summed E-state index contributed by atoms with van der Waals surface area (Å²) in [6.45, 7) is 4.38. The van der Waals surface area contributed by atoms with Crippen LogP contribution < -0.4 is 0 Å². The van der Waals surface area contributed by atoms with E-state index < -0.39 is 0 Å². The van der Waals surface area contributed by atoms with Gasteiger partial charge in [0.25, 0.3) is 0 Å². The molecule has 5 unspecified atom stereocenters. The zero-order chi connectivity index (χ0) is 12.2. The van der Waals surface area contributed by atoms with Crippen LogP contribution in [0.3, 0.4) is 0 Å². The minimum absolute atomic E-state index is 0.0363. The van der Waals surface area contributed by atoms with E-state index in [1.807, 2.05) is 13.8 Å². The zero-order valence-corrected chi connectivity index (χ0v) is 10.4. The number of hydrogen-bond donors (Lipinski definition) is 0. The van der Waals surface area contributed by atoms with Crippen LogP contribution in [-0.4, -0.2) is 23.3 Å². The van der Waals surface area contributed by atoms with Crippen molar-refractivity contribution in [2.45, 2.75) is 26.7 Å². The van der Waals surface area contributed by atoms with Crippen LogP contribution >= 0.6 is 0 Å². The van der Waals surface area contributed by atoms with Gasteiger partial charge in [0.15, 0.2) is 0 Å². The molecule has 1 saturated carbocycles. The summed E-state index contributed by atoms with van der Waals surface area (Å²) in [6, 6.07) is 0. The van der Waals surface area contributed by atoms with Gasteiger partial charge in [-0.15, -0.1) is 0 Å². The third kappa shape index (κ3) is 1.55. The highest BCUT2D eigenvalue weighted by Gasteiger charge is 2.45. The van der Waals surface area contributed by atoms with Gasteiger partial charge in [-0.1, -0.05) is 26.0 Å². The number of fused-ring (bicyclic) bond motifs is 2. The summed E-state index contributed by atoms with van der Waals surface area (Å²) in [4.78, 5) is 25.5. The van der Waals surface area contributed by atoms with Crippen LogP contribution in [0.5, 0.6) is 0 Å². The fraction of sp³-hybridized carbons (Fsp3) is 0.714. The number of hydrogen-bond acceptors (Lipinski definition) is 2. The van der Waals surface area contributed by atoms with E-state index >= 15 is 0 Å². The Morgan fingerprint density at radius 1 is 1.12 bits per heavy atom. The van der Waals surface area contributed by atoms with Crippen molar-refractivity contribution < 1.29 is 9.59 Å². The Kier molecular flexibility index (Phi) is 2.39. The van der Waals surface area contributed by atoms with Crippen molar-refractivity contribution in [3.8, 4) is 0 Å². The molecule has 0 aromatic heterocycles. The number of amides is 2. The molecule has 17 heavy (non-hydrogen) atoms. The molecule has 3 nitrogen and oxygen atoms in total. The van der Waals surface area contributed by atoms with Crippen molar-refractivity contribution in [3.05, 3.63) is 12.2 Å². The lowest BCUT2D eigenvalue weighted by molar-refractivity contribution is -0.140. The fourth-order valence-electron chi connectivity index (χ4n) is 3.55. The SMILES string of the molecule is CC1C(=O)N(CC2CC3C=CC2C3)C(=O)C1C. The van der Waals surface area contributed by atoms with Gasteiger partial charge in [-0.05, 0) is 30.6 Å². The van der Waals surface area contributed by atoms with Gasteiger partial charge < -0.3 is 0 Å². The molecule has 0 N–H and O–H groups in total. The molecule has 2 bridgehead atoms. The second-order valence-corrected chi connectivity index (χ2v) is 5.90. The largest absolute Gasteiger partial charge is 0.282 e. The zero-order valence-electron chi connectivity index (χ0n) is 10.4. The van der Waals surface area contributed by atoms with E-state index in [-0.39, 0.29) is 23.7 Å². The molecular weight excluding hydrogens is 214 g/mol. The predicted octanol–water partition coefficient (Wildman–Crippen LogP) is 1.84. The summed E-state index contributed by atoms with van der Waals surface area (Å²) in [7, 11) is 0.